The quantitative estimate of drug-likeness (QED) is 0.701. The lowest BCUT2D eigenvalue weighted by atomic mass is 10.1. The molecule has 2 N–H and O–H groups in total. The summed E-state index contributed by atoms with van der Waals surface area (Å²) in [6.07, 6.45) is 0. The number of benzene rings is 2. The zero-order valence-electron chi connectivity index (χ0n) is 15.5. The standard InChI is InChI=1S/C21H21FN4O/c1-21(2,3)26-18-13-17(20(27)24-16-12-8-7-11-15(16)22)23-19(25-18)14-9-5-4-6-10-14/h4-13H,1-3H3,(H,24,27)(H,23,25,26). The summed E-state index contributed by atoms with van der Waals surface area (Å²) >= 11 is 0. The van der Waals surface area contributed by atoms with Crippen LogP contribution in [0.25, 0.3) is 11.4 Å². The van der Waals surface area contributed by atoms with Gasteiger partial charge in [-0.2, -0.15) is 0 Å². The predicted molar refractivity (Wildman–Crippen MR) is 105 cm³/mol. The van der Waals surface area contributed by atoms with Crippen molar-refractivity contribution in [3.05, 3.63) is 72.2 Å². The average molecular weight is 364 g/mol. The van der Waals surface area contributed by atoms with E-state index in [1.165, 1.54) is 12.1 Å². The molecular weight excluding hydrogens is 343 g/mol. The Hall–Kier alpha value is -3.28. The highest BCUT2D eigenvalue weighted by molar-refractivity contribution is 6.03. The van der Waals surface area contributed by atoms with Crippen LogP contribution >= 0.6 is 0 Å². The topological polar surface area (TPSA) is 66.9 Å². The first kappa shape index (κ1) is 18.5. The van der Waals surface area contributed by atoms with Gasteiger partial charge in [0.1, 0.15) is 17.3 Å². The highest BCUT2D eigenvalue weighted by Crippen LogP contribution is 2.21. The second kappa shape index (κ2) is 7.53. The van der Waals surface area contributed by atoms with E-state index in [0.29, 0.717) is 11.6 Å². The molecular formula is C21H21FN4O. The summed E-state index contributed by atoms with van der Waals surface area (Å²) in [5.74, 6) is -0.0635. The fourth-order valence-corrected chi connectivity index (χ4v) is 2.48. The third-order valence-corrected chi connectivity index (χ3v) is 3.62. The molecule has 6 heteroatoms. The third-order valence-electron chi connectivity index (χ3n) is 3.62. The number of nitrogens with one attached hydrogen (secondary N) is 2. The fourth-order valence-electron chi connectivity index (χ4n) is 2.48. The number of anilines is 2. The van der Waals surface area contributed by atoms with Gasteiger partial charge in [0.05, 0.1) is 5.69 Å². The van der Waals surface area contributed by atoms with E-state index in [4.69, 9.17) is 0 Å². The summed E-state index contributed by atoms with van der Waals surface area (Å²) in [6.45, 7) is 5.99. The molecule has 0 aliphatic heterocycles. The first-order chi connectivity index (χ1) is 12.8. The van der Waals surface area contributed by atoms with Crippen molar-refractivity contribution < 1.29 is 9.18 Å². The molecule has 0 radical (unpaired) electrons. The summed E-state index contributed by atoms with van der Waals surface area (Å²) < 4.78 is 13.9. The predicted octanol–water partition coefficient (Wildman–Crippen LogP) is 4.75. The minimum atomic E-state index is -0.503. The van der Waals surface area contributed by atoms with Crippen LogP contribution in [0, 0.1) is 5.82 Å². The van der Waals surface area contributed by atoms with E-state index < -0.39 is 11.7 Å². The molecule has 0 fully saturated rings. The van der Waals surface area contributed by atoms with Crippen LogP contribution in [0.2, 0.25) is 0 Å². The first-order valence-corrected chi connectivity index (χ1v) is 8.60. The van der Waals surface area contributed by atoms with Crippen LogP contribution in [-0.2, 0) is 0 Å². The highest BCUT2D eigenvalue weighted by Gasteiger charge is 2.17. The Labute approximate surface area is 157 Å². The summed E-state index contributed by atoms with van der Waals surface area (Å²) in [5.41, 5.74) is 0.795. The maximum Gasteiger partial charge on any atom is 0.274 e. The normalized spacial score (nSPS) is 11.1. The number of rotatable bonds is 4. The molecule has 5 nitrogen and oxygen atoms in total. The molecule has 3 rings (SSSR count). The summed E-state index contributed by atoms with van der Waals surface area (Å²) in [7, 11) is 0. The van der Waals surface area contributed by atoms with Gasteiger partial charge < -0.3 is 10.6 Å². The molecule has 0 saturated carbocycles. The van der Waals surface area contributed by atoms with Gasteiger partial charge in [-0.15, -0.1) is 0 Å². The van der Waals surface area contributed by atoms with E-state index in [-0.39, 0.29) is 16.9 Å². The van der Waals surface area contributed by atoms with E-state index in [9.17, 15) is 9.18 Å². The van der Waals surface area contributed by atoms with Gasteiger partial charge in [0.2, 0.25) is 0 Å². The molecule has 3 aromatic rings. The van der Waals surface area contributed by atoms with Gasteiger partial charge in [0.25, 0.3) is 5.91 Å². The summed E-state index contributed by atoms with van der Waals surface area (Å²) in [6, 6.07) is 17.0. The van der Waals surface area contributed by atoms with E-state index in [2.05, 4.69) is 20.6 Å². The molecule has 2 aromatic carbocycles. The fraction of sp³-hybridized carbons (Fsp3) is 0.190. The number of amides is 1. The van der Waals surface area contributed by atoms with Gasteiger partial charge in [-0.1, -0.05) is 42.5 Å². The van der Waals surface area contributed by atoms with E-state index in [1.54, 1.807) is 18.2 Å². The van der Waals surface area contributed by atoms with Crippen LogP contribution in [0.3, 0.4) is 0 Å². The van der Waals surface area contributed by atoms with Crippen LogP contribution in [-0.4, -0.2) is 21.4 Å². The number of carbonyl (C=O) groups excluding carboxylic acids is 1. The molecule has 1 heterocycles. The molecule has 0 saturated heterocycles. The summed E-state index contributed by atoms with van der Waals surface area (Å²) in [4.78, 5) is 21.6. The Balaban J connectivity index is 1.99. The molecule has 1 amide bonds. The Kier molecular flexibility index (Phi) is 5.16. The van der Waals surface area contributed by atoms with Crippen LogP contribution in [0.15, 0.2) is 60.7 Å². The maximum absolute atomic E-state index is 13.9. The van der Waals surface area contributed by atoms with Crippen molar-refractivity contribution in [3.63, 3.8) is 0 Å². The van der Waals surface area contributed by atoms with Gasteiger partial charge in [-0.3, -0.25) is 4.79 Å². The minimum absolute atomic E-state index is 0.104. The van der Waals surface area contributed by atoms with E-state index in [0.717, 1.165) is 5.56 Å². The molecule has 0 atom stereocenters. The van der Waals surface area contributed by atoms with E-state index in [1.807, 2.05) is 51.1 Å². The molecule has 1 aromatic heterocycles. The van der Waals surface area contributed by atoms with Crippen molar-refractivity contribution in [3.8, 4) is 11.4 Å². The van der Waals surface area contributed by atoms with Gasteiger partial charge in [0.15, 0.2) is 5.82 Å². The van der Waals surface area contributed by atoms with Gasteiger partial charge in [-0.25, -0.2) is 14.4 Å². The van der Waals surface area contributed by atoms with Gasteiger partial charge >= 0.3 is 0 Å². The maximum atomic E-state index is 13.9. The number of para-hydroxylation sites is 1. The van der Waals surface area contributed by atoms with Crippen molar-refractivity contribution in [2.45, 2.75) is 26.3 Å². The molecule has 0 unspecified atom stereocenters. The highest BCUT2D eigenvalue weighted by atomic mass is 19.1. The third kappa shape index (κ3) is 4.88. The Morgan fingerprint density at radius 3 is 2.30 bits per heavy atom. The van der Waals surface area contributed by atoms with Crippen LogP contribution < -0.4 is 10.6 Å². The lowest BCUT2D eigenvalue weighted by Gasteiger charge is -2.22. The smallest absolute Gasteiger partial charge is 0.274 e. The van der Waals surface area contributed by atoms with Crippen LogP contribution in [0.1, 0.15) is 31.3 Å². The van der Waals surface area contributed by atoms with Gasteiger partial charge in [0, 0.05) is 17.2 Å². The molecule has 27 heavy (non-hydrogen) atoms. The number of halogens is 1. The zero-order chi connectivity index (χ0) is 19.4. The number of hydrogen-bond donors (Lipinski definition) is 2. The van der Waals surface area contributed by atoms with E-state index >= 15 is 0 Å². The number of aromatic nitrogens is 2. The average Bonchev–Trinajstić information content (AvgIpc) is 2.62. The summed E-state index contributed by atoms with van der Waals surface area (Å²) in [5, 5.41) is 5.82. The Morgan fingerprint density at radius 2 is 1.63 bits per heavy atom. The zero-order valence-corrected chi connectivity index (χ0v) is 15.5. The monoisotopic (exact) mass is 364 g/mol. The SMILES string of the molecule is CC(C)(C)Nc1cc(C(=O)Nc2ccccc2F)nc(-c2ccccc2)n1. The number of hydrogen-bond acceptors (Lipinski definition) is 4. The van der Waals surface area contributed by atoms with Gasteiger partial charge in [-0.05, 0) is 32.9 Å². The molecule has 138 valence electrons. The Bertz CT molecular complexity index is 952. The van der Waals surface area contributed by atoms with Crippen LogP contribution in [0.5, 0.6) is 0 Å². The molecule has 0 spiro atoms. The van der Waals surface area contributed by atoms with Crippen molar-refractivity contribution in [1.82, 2.24) is 9.97 Å². The number of nitrogens with zero attached hydrogens (tertiary/aromatic N) is 2. The number of carbonyl (C=O) groups is 1. The lowest BCUT2D eigenvalue weighted by molar-refractivity contribution is 0.102. The van der Waals surface area contributed by atoms with Crippen molar-refractivity contribution in [2.24, 2.45) is 0 Å². The molecule has 0 aliphatic carbocycles. The minimum Gasteiger partial charge on any atom is -0.365 e. The van der Waals surface area contributed by atoms with Crippen molar-refractivity contribution >= 4 is 17.4 Å². The lowest BCUT2D eigenvalue weighted by Crippen LogP contribution is -2.27. The molecule has 0 aliphatic rings. The Morgan fingerprint density at radius 1 is 0.963 bits per heavy atom. The van der Waals surface area contributed by atoms with Crippen LogP contribution in [0.4, 0.5) is 15.9 Å². The van der Waals surface area contributed by atoms with Crippen molar-refractivity contribution in [1.29, 1.82) is 0 Å². The molecule has 0 bridgehead atoms. The van der Waals surface area contributed by atoms with Crippen molar-refractivity contribution in [2.75, 3.05) is 10.6 Å². The second-order valence-electron chi connectivity index (χ2n) is 7.14. The largest absolute Gasteiger partial charge is 0.365 e. The first-order valence-electron chi connectivity index (χ1n) is 8.60. The second-order valence-corrected chi connectivity index (χ2v) is 7.14.